The SMILES string of the molecule is CCNC(=NCCC(=O)NC(C)C)N1CCN(C(C)C(F)(F)F)CC1. The molecule has 1 amide bonds. The van der Waals surface area contributed by atoms with Gasteiger partial charge >= 0.3 is 6.18 Å². The van der Waals surface area contributed by atoms with Crippen molar-refractivity contribution in [3.63, 3.8) is 0 Å². The highest BCUT2D eigenvalue weighted by Crippen LogP contribution is 2.25. The zero-order chi connectivity index (χ0) is 19.0. The molecule has 1 aliphatic rings. The highest BCUT2D eigenvalue weighted by atomic mass is 19.4. The maximum Gasteiger partial charge on any atom is 0.403 e. The third-order valence-corrected chi connectivity index (χ3v) is 4.02. The topological polar surface area (TPSA) is 60.0 Å². The van der Waals surface area contributed by atoms with Crippen molar-refractivity contribution in [1.82, 2.24) is 20.4 Å². The van der Waals surface area contributed by atoms with Crippen molar-refractivity contribution in [2.45, 2.75) is 52.4 Å². The van der Waals surface area contributed by atoms with E-state index in [1.54, 1.807) is 0 Å². The summed E-state index contributed by atoms with van der Waals surface area (Å²) >= 11 is 0. The summed E-state index contributed by atoms with van der Waals surface area (Å²) in [5.41, 5.74) is 0. The molecule has 6 nitrogen and oxygen atoms in total. The van der Waals surface area contributed by atoms with Gasteiger partial charge in [0.05, 0.1) is 6.54 Å². The van der Waals surface area contributed by atoms with Crippen LogP contribution in [-0.4, -0.2) is 79.2 Å². The molecule has 1 fully saturated rings. The summed E-state index contributed by atoms with van der Waals surface area (Å²) in [5, 5.41) is 5.95. The van der Waals surface area contributed by atoms with Crippen LogP contribution in [0.15, 0.2) is 4.99 Å². The first kappa shape index (κ1) is 21.5. The van der Waals surface area contributed by atoms with Crippen LogP contribution in [0, 0.1) is 0 Å². The van der Waals surface area contributed by atoms with Gasteiger partial charge in [-0.05, 0) is 27.7 Å². The van der Waals surface area contributed by atoms with Gasteiger partial charge in [-0.25, -0.2) is 0 Å². The Kier molecular flexibility index (Phi) is 8.47. The van der Waals surface area contributed by atoms with Crippen LogP contribution in [0.1, 0.15) is 34.1 Å². The van der Waals surface area contributed by atoms with Crippen molar-refractivity contribution in [1.29, 1.82) is 0 Å². The molecule has 0 bridgehead atoms. The van der Waals surface area contributed by atoms with E-state index in [-0.39, 0.29) is 18.4 Å². The van der Waals surface area contributed by atoms with E-state index in [9.17, 15) is 18.0 Å². The minimum atomic E-state index is -4.20. The van der Waals surface area contributed by atoms with E-state index >= 15 is 0 Å². The van der Waals surface area contributed by atoms with Crippen LogP contribution >= 0.6 is 0 Å². The van der Waals surface area contributed by atoms with Gasteiger partial charge in [0, 0.05) is 45.2 Å². The van der Waals surface area contributed by atoms with Crippen molar-refractivity contribution in [3.05, 3.63) is 0 Å². The van der Waals surface area contributed by atoms with Gasteiger partial charge in [0.1, 0.15) is 6.04 Å². The predicted molar refractivity (Wildman–Crippen MR) is 92.5 cm³/mol. The lowest BCUT2D eigenvalue weighted by Crippen LogP contribution is -2.56. The molecule has 0 aromatic heterocycles. The van der Waals surface area contributed by atoms with Gasteiger partial charge in [0.2, 0.25) is 5.91 Å². The summed E-state index contributed by atoms with van der Waals surface area (Å²) < 4.78 is 38.4. The number of nitrogens with zero attached hydrogens (tertiary/aromatic N) is 3. The Bertz CT molecular complexity index is 446. The Labute approximate surface area is 147 Å². The van der Waals surface area contributed by atoms with E-state index < -0.39 is 12.2 Å². The van der Waals surface area contributed by atoms with Gasteiger partial charge in [-0.15, -0.1) is 0 Å². The molecule has 146 valence electrons. The largest absolute Gasteiger partial charge is 0.403 e. The number of alkyl halides is 3. The van der Waals surface area contributed by atoms with Crippen LogP contribution in [0.3, 0.4) is 0 Å². The van der Waals surface area contributed by atoms with Gasteiger partial charge in [0.25, 0.3) is 0 Å². The second kappa shape index (κ2) is 9.84. The molecule has 9 heteroatoms. The summed E-state index contributed by atoms with van der Waals surface area (Å²) in [6, 6.07) is -1.35. The highest BCUT2D eigenvalue weighted by molar-refractivity contribution is 5.81. The van der Waals surface area contributed by atoms with Crippen LogP contribution in [0.4, 0.5) is 13.2 Å². The van der Waals surface area contributed by atoms with Crippen LogP contribution in [0.5, 0.6) is 0 Å². The second-order valence-corrected chi connectivity index (χ2v) is 6.45. The lowest BCUT2D eigenvalue weighted by Gasteiger charge is -2.39. The van der Waals surface area contributed by atoms with Crippen LogP contribution in [0.25, 0.3) is 0 Å². The fourth-order valence-electron chi connectivity index (χ4n) is 2.61. The van der Waals surface area contributed by atoms with Crippen LogP contribution in [-0.2, 0) is 4.79 Å². The molecule has 0 spiro atoms. The standard InChI is InChI=1S/C16H30F3N5O/c1-5-20-15(21-7-6-14(25)22-12(2)3)24-10-8-23(9-11-24)13(4)16(17,18)19/h12-13H,5-11H2,1-4H3,(H,20,21)(H,22,25). The average molecular weight is 365 g/mol. The van der Waals surface area contributed by atoms with E-state index in [2.05, 4.69) is 15.6 Å². The molecule has 1 atom stereocenters. The van der Waals surface area contributed by atoms with Gasteiger partial charge < -0.3 is 15.5 Å². The summed E-state index contributed by atoms with van der Waals surface area (Å²) in [4.78, 5) is 19.5. The molecule has 1 aliphatic heterocycles. The van der Waals surface area contributed by atoms with Crippen molar-refractivity contribution < 1.29 is 18.0 Å². The Balaban J connectivity index is 2.54. The van der Waals surface area contributed by atoms with Crippen molar-refractivity contribution in [2.75, 3.05) is 39.3 Å². The fourth-order valence-corrected chi connectivity index (χ4v) is 2.61. The first-order valence-corrected chi connectivity index (χ1v) is 8.78. The molecule has 1 rings (SSSR count). The number of halogens is 3. The molecule has 1 heterocycles. The smallest absolute Gasteiger partial charge is 0.357 e. The number of carbonyl (C=O) groups excluding carboxylic acids is 1. The average Bonchev–Trinajstić information content (AvgIpc) is 2.52. The van der Waals surface area contributed by atoms with Crippen LogP contribution in [0.2, 0.25) is 0 Å². The number of piperazine rings is 1. The predicted octanol–water partition coefficient (Wildman–Crippen LogP) is 1.44. The summed E-state index contributed by atoms with van der Waals surface area (Å²) in [6.45, 7) is 9.55. The van der Waals surface area contributed by atoms with Gasteiger partial charge in [0.15, 0.2) is 5.96 Å². The molecule has 1 saturated heterocycles. The van der Waals surface area contributed by atoms with E-state index in [4.69, 9.17) is 0 Å². The Morgan fingerprint density at radius 1 is 1.16 bits per heavy atom. The molecule has 0 saturated carbocycles. The number of aliphatic imine (C=N–C) groups is 1. The maximum atomic E-state index is 12.8. The minimum Gasteiger partial charge on any atom is -0.357 e. The Hall–Kier alpha value is -1.51. The lowest BCUT2D eigenvalue weighted by molar-refractivity contribution is -0.181. The van der Waals surface area contributed by atoms with Crippen molar-refractivity contribution >= 4 is 11.9 Å². The molecular formula is C16H30F3N5O. The maximum absolute atomic E-state index is 12.8. The van der Waals surface area contributed by atoms with E-state index in [1.807, 2.05) is 25.7 Å². The van der Waals surface area contributed by atoms with E-state index in [1.165, 1.54) is 11.8 Å². The third-order valence-electron chi connectivity index (χ3n) is 4.02. The molecule has 25 heavy (non-hydrogen) atoms. The molecule has 2 N–H and O–H groups in total. The quantitative estimate of drug-likeness (QED) is 0.552. The van der Waals surface area contributed by atoms with Crippen molar-refractivity contribution in [2.24, 2.45) is 4.99 Å². The molecular weight excluding hydrogens is 335 g/mol. The lowest BCUT2D eigenvalue weighted by atomic mass is 10.2. The first-order chi connectivity index (χ1) is 11.6. The molecule has 0 aromatic carbocycles. The van der Waals surface area contributed by atoms with Crippen LogP contribution < -0.4 is 10.6 Å². The molecule has 0 aromatic rings. The zero-order valence-electron chi connectivity index (χ0n) is 15.5. The van der Waals surface area contributed by atoms with E-state index in [0.717, 1.165) is 0 Å². The Morgan fingerprint density at radius 2 is 1.76 bits per heavy atom. The number of hydrogen-bond donors (Lipinski definition) is 2. The first-order valence-electron chi connectivity index (χ1n) is 8.78. The minimum absolute atomic E-state index is 0.0570. The highest BCUT2D eigenvalue weighted by Gasteiger charge is 2.41. The number of guanidine groups is 1. The number of carbonyl (C=O) groups is 1. The fraction of sp³-hybridized carbons (Fsp3) is 0.875. The third kappa shape index (κ3) is 7.50. The number of nitrogens with one attached hydrogen (secondary N) is 2. The molecule has 0 radical (unpaired) electrons. The number of rotatable bonds is 6. The molecule has 1 unspecified atom stereocenters. The summed E-state index contributed by atoms with van der Waals surface area (Å²) in [7, 11) is 0. The summed E-state index contributed by atoms with van der Waals surface area (Å²) in [5.74, 6) is 0.595. The monoisotopic (exact) mass is 365 g/mol. The number of hydrogen-bond acceptors (Lipinski definition) is 3. The van der Waals surface area contributed by atoms with Crippen molar-refractivity contribution in [3.8, 4) is 0 Å². The molecule has 0 aliphatic carbocycles. The summed E-state index contributed by atoms with van der Waals surface area (Å²) in [6.07, 6.45) is -3.91. The van der Waals surface area contributed by atoms with Gasteiger partial charge in [-0.2, -0.15) is 13.2 Å². The number of amides is 1. The Morgan fingerprint density at radius 3 is 2.24 bits per heavy atom. The van der Waals surface area contributed by atoms with E-state index in [0.29, 0.717) is 45.2 Å². The zero-order valence-corrected chi connectivity index (χ0v) is 15.5. The van der Waals surface area contributed by atoms with Gasteiger partial charge in [-0.3, -0.25) is 14.7 Å². The normalized spacial score (nSPS) is 18.4. The second-order valence-electron chi connectivity index (χ2n) is 6.45. The van der Waals surface area contributed by atoms with Gasteiger partial charge in [-0.1, -0.05) is 0 Å².